The molecule has 0 fully saturated rings. The Hall–Kier alpha value is -2.69. The first-order chi connectivity index (χ1) is 15.7. The lowest BCUT2D eigenvalue weighted by Gasteiger charge is -2.13. The van der Waals surface area contributed by atoms with E-state index < -0.39 is 27.3 Å². The molecule has 1 unspecified atom stereocenters. The minimum Gasteiger partial charge on any atom is -0.301 e. The third kappa shape index (κ3) is 5.45. The minimum atomic E-state index is -4.01. The van der Waals surface area contributed by atoms with Crippen LogP contribution in [0.1, 0.15) is 27.5 Å². The van der Waals surface area contributed by atoms with E-state index in [1.165, 1.54) is 36.0 Å². The van der Waals surface area contributed by atoms with Crippen molar-refractivity contribution in [2.75, 3.05) is 10.5 Å². The molecule has 1 aliphatic rings. The number of carbonyl (C=O) groups is 1. The van der Waals surface area contributed by atoms with Gasteiger partial charge in [-0.15, -0.1) is 0 Å². The number of amidine groups is 1. The largest absolute Gasteiger partial charge is 0.301 e. The second kappa shape index (κ2) is 9.66. The zero-order valence-electron chi connectivity index (χ0n) is 17.4. The molecule has 33 heavy (non-hydrogen) atoms. The molecule has 1 heterocycles. The second-order valence-electron chi connectivity index (χ2n) is 7.35. The highest BCUT2D eigenvalue weighted by molar-refractivity contribution is 9.10. The van der Waals surface area contributed by atoms with Gasteiger partial charge in [-0.1, -0.05) is 63.6 Å². The van der Waals surface area contributed by atoms with Gasteiger partial charge in [-0.3, -0.25) is 14.5 Å². The Kier molecular flexibility index (Phi) is 6.87. The highest BCUT2D eigenvalue weighted by atomic mass is 79.9. The number of aryl methyl sites for hydroxylation is 1. The molecule has 170 valence electrons. The molecule has 0 bridgehead atoms. The molecule has 3 aromatic rings. The molecule has 0 saturated carbocycles. The number of thioether (sulfide) groups is 1. The van der Waals surface area contributed by atoms with Crippen molar-refractivity contribution in [2.45, 2.75) is 17.9 Å². The molecule has 2 N–H and O–H groups in total. The van der Waals surface area contributed by atoms with E-state index in [1.54, 1.807) is 12.1 Å². The van der Waals surface area contributed by atoms with Crippen LogP contribution in [0.4, 0.5) is 10.1 Å². The van der Waals surface area contributed by atoms with Crippen LogP contribution in [0.15, 0.2) is 81.1 Å². The van der Waals surface area contributed by atoms with Crippen molar-refractivity contribution in [1.29, 1.82) is 0 Å². The van der Waals surface area contributed by atoms with Crippen LogP contribution in [0, 0.1) is 12.7 Å². The van der Waals surface area contributed by atoms with Crippen molar-refractivity contribution in [3.63, 3.8) is 0 Å². The number of sulfonamides is 1. The van der Waals surface area contributed by atoms with Gasteiger partial charge < -0.3 is 5.32 Å². The van der Waals surface area contributed by atoms with Crippen molar-refractivity contribution >= 4 is 54.5 Å². The standard InChI is InChI=1S/C23H19BrFN3O3S2/c1-14-5-11-17(12-6-14)33(30,31)28-19-4-2-3-18(25)21(19)22(29)27-23-26-20(13-32-23)15-7-9-16(24)10-8-15/h2-12,20,28H,13H2,1H3,(H,26,27,29). The Morgan fingerprint density at radius 2 is 1.79 bits per heavy atom. The quantitative estimate of drug-likeness (QED) is 0.455. The summed E-state index contributed by atoms with van der Waals surface area (Å²) in [6.07, 6.45) is 0. The highest BCUT2D eigenvalue weighted by Gasteiger charge is 2.26. The lowest BCUT2D eigenvalue weighted by atomic mass is 10.1. The van der Waals surface area contributed by atoms with E-state index in [0.29, 0.717) is 10.9 Å². The van der Waals surface area contributed by atoms with Gasteiger partial charge >= 0.3 is 0 Å². The lowest BCUT2D eigenvalue weighted by molar-refractivity contribution is 0.0975. The number of benzene rings is 3. The number of nitrogens with one attached hydrogen (secondary N) is 2. The van der Waals surface area contributed by atoms with Crippen LogP contribution in [0.25, 0.3) is 0 Å². The summed E-state index contributed by atoms with van der Waals surface area (Å²) in [6, 6.07) is 17.6. The van der Waals surface area contributed by atoms with Gasteiger partial charge in [0.05, 0.1) is 22.2 Å². The summed E-state index contributed by atoms with van der Waals surface area (Å²) in [5.74, 6) is -0.997. The molecule has 10 heteroatoms. The molecule has 4 rings (SSSR count). The summed E-state index contributed by atoms with van der Waals surface area (Å²) >= 11 is 4.74. The Balaban J connectivity index is 1.55. The number of aliphatic imine (C=N–C) groups is 1. The fourth-order valence-corrected chi connectivity index (χ4v) is 5.50. The average Bonchev–Trinajstić information content (AvgIpc) is 3.22. The number of rotatable bonds is 5. The van der Waals surface area contributed by atoms with Crippen LogP contribution in [0.3, 0.4) is 0 Å². The first-order valence-electron chi connectivity index (χ1n) is 9.88. The van der Waals surface area contributed by atoms with Gasteiger partial charge in [-0.25, -0.2) is 12.8 Å². The van der Waals surface area contributed by atoms with E-state index in [2.05, 4.69) is 31.0 Å². The Morgan fingerprint density at radius 3 is 2.48 bits per heavy atom. The van der Waals surface area contributed by atoms with E-state index >= 15 is 0 Å². The van der Waals surface area contributed by atoms with Crippen LogP contribution >= 0.6 is 27.7 Å². The van der Waals surface area contributed by atoms with Crippen LogP contribution < -0.4 is 10.0 Å². The molecule has 6 nitrogen and oxygen atoms in total. The molecule has 1 aliphatic heterocycles. The van der Waals surface area contributed by atoms with Crippen molar-refractivity contribution < 1.29 is 17.6 Å². The Labute approximate surface area is 203 Å². The predicted molar refractivity (Wildman–Crippen MR) is 133 cm³/mol. The zero-order valence-corrected chi connectivity index (χ0v) is 20.6. The monoisotopic (exact) mass is 547 g/mol. The molecule has 0 radical (unpaired) electrons. The third-order valence-electron chi connectivity index (χ3n) is 4.94. The smallest absolute Gasteiger partial charge is 0.262 e. The van der Waals surface area contributed by atoms with E-state index in [9.17, 15) is 17.6 Å². The number of nitrogens with zero attached hydrogens (tertiary/aromatic N) is 1. The topological polar surface area (TPSA) is 87.6 Å². The highest BCUT2D eigenvalue weighted by Crippen LogP contribution is 2.31. The number of carbonyl (C=O) groups excluding carboxylic acids is 1. The van der Waals surface area contributed by atoms with Gasteiger partial charge in [-0.2, -0.15) is 0 Å². The number of hydrogen-bond acceptors (Lipinski definition) is 5. The molecule has 3 aromatic carbocycles. The first kappa shape index (κ1) is 23.5. The summed E-state index contributed by atoms with van der Waals surface area (Å²) in [5, 5.41) is 2.96. The molecule has 1 atom stereocenters. The van der Waals surface area contributed by atoms with E-state index in [1.807, 2.05) is 31.2 Å². The SMILES string of the molecule is Cc1ccc(S(=O)(=O)Nc2cccc(F)c2C(=O)NC2=NC(c3ccc(Br)cc3)CS2)cc1. The summed E-state index contributed by atoms with van der Waals surface area (Å²) in [6.45, 7) is 1.84. The van der Waals surface area contributed by atoms with Crippen molar-refractivity contribution in [3.05, 3.63) is 93.7 Å². The predicted octanol–water partition coefficient (Wildman–Crippen LogP) is 5.27. The fraction of sp³-hybridized carbons (Fsp3) is 0.130. The van der Waals surface area contributed by atoms with Gasteiger partial charge in [0.2, 0.25) is 0 Å². The Morgan fingerprint density at radius 1 is 1.09 bits per heavy atom. The molecular formula is C23H19BrFN3O3S2. The fourth-order valence-electron chi connectivity index (χ4n) is 3.22. The minimum absolute atomic E-state index is 0.0109. The van der Waals surface area contributed by atoms with Gasteiger partial charge in [0.15, 0.2) is 5.17 Å². The molecule has 0 saturated heterocycles. The van der Waals surface area contributed by atoms with Crippen LogP contribution in [-0.4, -0.2) is 25.2 Å². The molecule has 0 aliphatic carbocycles. The van der Waals surface area contributed by atoms with Crippen molar-refractivity contribution in [1.82, 2.24) is 5.32 Å². The normalized spacial score (nSPS) is 15.7. The van der Waals surface area contributed by atoms with E-state index in [0.717, 1.165) is 21.7 Å². The summed E-state index contributed by atoms with van der Waals surface area (Å²) < 4.78 is 43.5. The van der Waals surface area contributed by atoms with Gasteiger partial charge in [0.25, 0.3) is 15.9 Å². The van der Waals surface area contributed by atoms with Gasteiger partial charge in [0, 0.05) is 10.2 Å². The van der Waals surface area contributed by atoms with Crippen molar-refractivity contribution in [2.24, 2.45) is 4.99 Å². The molecule has 0 aromatic heterocycles. The number of halogens is 2. The second-order valence-corrected chi connectivity index (χ2v) is 11.0. The van der Waals surface area contributed by atoms with Gasteiger partial charge in [-0.05, 0) is 48.9 Å². The summed E-state index contributed by atoms with van der Waals surface area (Å²) in [7, 11) is -4.01. The number of amides is 1. The maximum Gasteiger partial charge on any atom is 0.262 e. The lowest BCUT2D eigenvalue weighted by Crippen LogP contribution is -2.29. The maximum atomic E-state index is 14.6. The van der Waals surface area contributed by atoms with E-state index in [4.69, 9.17) is 0 Å². The molecule has 0 spiro atoms. The first-order valence-corrected chi connectivity index (χ1v) is 13.1. The summed E-state index contributed by atoms with van der Waals surface area (Å²) in [4.78, 5) is 17.4. The van der Waals surface area contributed by atoms with Crippen molar-refractivity contribution in [3.8, 4) is 0 Å². The summed E-state index contributed by atoms with van der Waals surface area (Å²) in [5.41, 5.74) is 1.34. The van der Waals surface area contributed by atoms with Crippen LogP contribution in [0.5, 0.6) is 0 Å². The average molecular weight is 548 g/mol. The zero-order chi connectivity index (χ0) is 23.6. The molecular weight excluding hydrogens is 529 g/mol. The molecule has 1 amide bonds. The maximum absolute atomic E-state index is 14.6. The van der Waals surface area contributed by atoms with Crippen LogP contribution in [-0.2, 0) is 10.0 Å². The van der Waals surface area contributed by atoms with E-state index in [-0.39, 0.29) is 16.6 Å². The number of hydrogen-bond donors (Lipinski definition) is 2. The van der Waals surface area contributed by atoms with Gasteiger partial charge in [0.1, 0.15) is 5.82 Å². The Bertz CT molecular complexity index is 1330. The third-order valence-corrected chi connectivity index (χ3v) is 7.82. The van der Waals surface area contributed by atoms with Crippen LogP contribution in [0.2, 0.25) is 0 Å². The number of anilines is 1.